The number of pyridine rings is 1. The van der Waals surface area contributed by atoms with Gasteiger partial charge in [-0.25, -0.2) is 0 Å². The number of rotatable bonds is 3. The smallest absolute Gasteiger partial charge is 0.145 e. The van der Waals surface area contributed by atoms with E-state index in [1.807, 2.05) is 24.4 Å². The second kappa shape index (κ2) is 5.36. The molecule has 3 rings (SSSR count). The fourth-order valence-electron chi connectivity index (χ4n) is 2.31. The largest absolute Gasteiger partial charge is 0.491 e. The van der Waals surface area contributed by atoms with Crippen LogP contribution >= 0.6 is 0 Å². The third kappa shape index (κ3) is 2.46. The van der Waals surface area contributed by atoms with E-state index in [9.17, 15) is 0 Å². The second-order valence-electron chi connectivity index (χ2n) is 4.70. The van der Waals surface area contributed by atoms with Gasteiger partial charge in [0.1, 0.15) is 11.3 Å². The molecule has 1 aromatic carbocycles. The van der Waals surface area contributed by atoms with Crippen molar-refractivity contribution in [1.29, 1.82) is 0 Å². The number of para-hydroxylation sites is 1. The van der Waals surface area contributed by atoms with Crippen LogP contribution in [-0.4, -0.2) is 24.8 Å². The van der Waals surface area contributed by atoms with Crippen LogP contribution in [0.2, 0.25) is 0 Å². The first-order valence-corrected chi connectivity index (χ1v) is 6.48. The average Bonchev–Trinajstić information content (AvgIpc) is 2.46. The highest BCUT2D eigenvalue weighted by Gasteiger charge is 2.15. The molecule has 18 heavy (non-hydrogen) atoms. The molecule has 3 nitrogen and oxygen atoms in total. The molecule has 94 valence electrons. The Hall–Kier alpha value is -1.61. The first-order chi connectivity index (χ1) is 8.93. The number of hydrogen-bond acceptors (Lipinski definition) is 3. The minimum absolute atomic E-state index is 0.609. The van der Waals surface area contributed by atoms with Gasteiger partial charge in [-0.3, -0.25) is 4.98 Å². The molecule has 0 spiro atoms. The molecule has 0 amide bonds. The van der Waals surface area contributed by atoms with Crippen molar-refractivity contribution in [1.82, 2.24) is 4.98 Å². The van der Waals surface area contributed by atoms with E-state index in [4.69, 9.17) is 9.47 Å². The van der Waals surface area contributed by atoms with E-state index < -0.39 is 0 Å². The highest BCUT2D eigenvalue weighted by molar-refractivity contribution is 5.84. The van der Waals surface area contributed by atoms with Crippen molar-refractivity contribution in [3.8, 4) is 5.75 Å². The van der Waals surface area contributed by atoms with Gasteiger partial charge in [-0.2, -0.15) is 0 Å². The SMILES string of the molecule is c1cnc2c(OCC3CCOCC3)cccc2c1. The molecule has 0 saturated carbocycles. The van der Waals surface area contributed by atoms with Gasteiger partial charge in [0.2, 0.25) is 0 Å². The van der Waals surface area contributed by atoms with Gasteiger partial charge in [0.25, 0.3) is 0 Å². The summed E-state index contributed by atoms with van der Waals surface area (Å²) in [6.07, 6.45) is 4.00. The van der Waals surface area contributed by atoms with Crippen molar-refractivity contribution in [2.45, 2.75) is 12.8 Å². The lowest BCUT2D eigenvalue weighted by molar-refractivity contribution is 0.0499. The Bertz CT molecular complexity index is 515. The summed E-state index contributed by atoms with van der Waals surface area (Å²) < 4.78 is 11.3. The number of aromatic nitrogens is 1. The molecule has 0 bridgehead atoms. The van der Waals surface area contributed by atoms with E-state index in [-0.39, 0.29) is 0 Å². The summed E-state index contributed by atoms with van der Waals surface area (Å²) in [6, 6.07) is 10.1. The zero-order valence-corrected chi connectivity index (χ0v) is 10.3. The van der Waals surface area contributed by atoms with E-state index in [0.717, 1.165) is 49.3 Å². The zero-order chi connectivity index (χ0) is 12.2. The monoisotopic (exact) mass is 243 g/mol. The van der Waals surface area contributed by atoms with E-state index in [2.05, 4.69) is 17.1 Å². The van der Waals surface area contributed by atoms with Gasteiger partial charge in [-0.15, -0.1) is 0 Å². The quantitative estimate of drug-likeness (QED) is 0.830. The molecular weight excluding hydrogens is 226 g/mol. The van der Waals surface area contributed by atoms with Crippen LogP contribution in [0.25, 0.3) is 10.9 Å². The summed E-state index contributed by atoms with van der Waals surface area (Å²) in [4.78, 5) is 4.40. The summed E-state index contributed by atoms with van der Waals surface area (Å²) in [5.41, 5.74) is 0.951. The van der Waals surface area contributed by atoms with Crippen molar-refractivity contribution in [3.05, 3.63) is 36.5 Å². The molecule has 1 saturated heterocycles. The highest BCUT2D eigenvalue weighted by atomic mass is 16.5. The van der Waals surface area contributed by atoms with Crippen molar-refractivity contribution in [2.75, 3.05) is 19.8 Å². The summed E-state index contributed by atoms with van der Waals surface area (Å²) >= 11 is 0. The predicted octanol–water partition coefficient (Wildman–Crippen LogP) is 3.04. The molecule has 0 atom stereocenters. The molecule has 2 heterocycles. The summed E-state index contributed by atoms with van der Waals surface area (Å²) in [5.74, 6) is 1.50. The van der Waals surface area contributed by atoms with Crippen molar-refractivity contribution in [3.63, 3.8) is 0 Å². The van der Waals surface area contributed by atoms with Crippen LogP contribution in [0.4, 0.5) is 0 Å². The van der Waals surface area contributed by atoms with Crippen LogP contribution in [0.5, 0.6) is 5.75 Å². The Morgan fingerprint density at radius 1 is 1.17 bits per heavy atom. The first-order valence-electron chi connectivity index (χ1n) is 6.48. The number of nitrogens with zero attached hydrogens (tertiary/aromatic N) is 1. The fourth-order valence-corrected chi connectivity index (χ4v) is 2.31. The Morgan fingerprint density at radius 2 is 2.00 bits per heavy atom. The Labute approximate surface area is 107 Å². The highest BCUT2D eigenvalue weighted by Crippen LogP contribution is 2.24. The Balaban J connectivity index is 1.74. The number of ether oxygens (including phenoxy) is 2. The molecule has 1 fully saturated rings. The first kappa shape index (κ1) is 11.5. The molecular formula is C15H17NO2. The predicted molar refractivity (Wildman–Crippen MR) is 70.8 cm³/mol. The third-order valence-corrected chi connectivity index (χ3v) is 3.41. The standard InChI is InChI=1S/C15H17NO2/c1-3-13-4-2-8-16-15(13)14(5-1)18-11-12-6-9-17-10-7-12/h1-5,8,12H,6-7,9-11H2. The Morgan fingerprint density at radius 3 is 2.89 bits per heavy atom. The zero-order valence-electron chi connectivity index (χ0n) is 10.3. The van der Waals surface area contributed by atoms with Crippen LogP contribution < -0.4 is 4.74 Å². The lowest BCUT2D eigenvalue weighted by Crippen LogP contribution is -2.21. The third-order valence-electron chi connectivity index (χ3n) is 3.41. The van der Waals surface area contributed by atoms with Crippen LogP contribution in [0.15, 0.2) is 36.5 Å². The molecule has 0 unspecified atom stereocenters. The Kier molecular flexibility index (Phi) is 3.42. The minimum atomic E-state index is 0.609. The molecule has 0 radical (unpaired) electrons. The number of fused-ring (bicyclic) bond motifs is 1. The van der Waals surface area contributed by atoms with Crippen LogP contribution in [0.3, 0.4) is 0 Å². The summed E-state index contributed by atoms with van der Waals surface area (Å²) in [6.45, 7) is 2.49. The fraction of sp³-hybridized carbons (Fsp3) is 0.400. The normalized spacial score (nSPS) is 16.9. The van der Waals surface area contributed by atoms with Crippen LogP contribution in [0.1, 0.15) is 12.8 Å². The minimum Gasteiger partial charge on any atom is -0.491 e. The lowest BCUT2D eigenvalue weighted by Gasteiger charge is -2.22. The van der Waals surface area contributed by atoms with E-state index in [1.54, 1.807) is 0 Å². The van der Waals surface area contributed by atoms with Crippen LogP contribution in [0, 0.1) is 5.92 Å². The molecule has 1 aromatic heterocycles. The average molecular weight is 243 g/mol. The number of hydrogen-bond donors (Lipinski definition) is 0. The van der Waals surface area contributed by atoms with Gasteiger partial charge in [0.05, 0.1) is 6.61 Å². The summed E-state index contributed by atoms with van der Waals surface area (Å²) in [7, 11) is 0. The van der Waals surface area contributed by atoms with Gasteiger partial charge in [0, 0.05) is 24.8 Å². The molecule has 1 aliphatic rings. The van der Waals surface area contributed by atoms with E-state index in [0.29, 0.717) is 5.92 Å². The molecule has 0 N–H and O–H groups in total. The van der Waals surface area contributed by atoms with Gasteiger partial charge in [-0.1, -0.05) is 18.2 Å². The van der Waals surface area contributed by atoms with Gasteiger partial charge < -0.3 is 9.47 Å². The maximum atomic E-state index is 5.94. The number of benzene rings is 1. The summed E-state index contributed by atoms with van der Waals surface area (Å²) in [5, 5.41) is 1.13. The van der Waals surface area contributed by atoms with Gasteiger partial charge in [-0.05, 0) is 30.9 Å². The molecule has 2 aromatic rings. The van der Waals surface area contributed by atoms with E-state index in [1.165, 1.54) is 0 Å². The molecule has 1 aliphatic heterocycles. The lowest BCUT2D eigenvalue weighted by atomic mass is 10.0. The van der Waals surface area contributed by atoms with Gasteiger partial charge >= 0.3 is 0 Å². The van der Waals surface area contributed by atoms with Crippen molar-refractivity contribution < 1.29 is 9.47 Å². The van der Waals surface area contributed by atoms with Crippen molar-refractivity contribution >= 4 is 10.9 Å². The topological polar surface area (TPSA) is 31.4 Å². The van der Waals surface area contributed by atoms with Crippen molar-refractivity contribution in [2.24, 2.45) is 5.92 Å². The van der Waals surface area contributed by atoms with Crippen LogP contribution in [-0.2, 0) is 4.74 Å². The maximum Gasteiger partial charge on any atom is 0.145 e. The second-order valence-corrected chi connectivity index (χ2v) is 4.70. The van der Waals surface area contributed by atoms with Gasteiger partial charge in [0.15, 0.2) is 0 Å². The molecule has 3 heteroatoms. The maximum absolute atomic E-state index is 5.94. The molecule has 0 aliphatic carbocycles. The van der Waals surface area contributed by atoms with E-state index >= 15 is 0 Å².